The van der Waals surface area contributed by atoms with Gasteiger partial charge >= 0.3 is 0 Å². The number of hydrogen-bond acceptors (Lipinski definition) is 8. The van der Waals surface area contributed by atoms with E-state index in [1.165, 1.54) is 17.3 Å². The standard InChI is InChI=1S/C24H28N2O5S/c1-5-16-9-11-17(12-10-16)19(27)15-32-24-26-25-23(31-24)18-13-20(28-6-2)22(30-8-4)21(14-18)29-7-3/h9-14H,5-8,15H2,1-4H3. The molecule has 3 rings (SSSR count). The molecular weight excluding hydrogens is 428 g/mol. The molecule has 0 amide bonds. The Kier molecular flexibility index (Phi) is 8.56. The van der Waals surface area contributed by atoms with E-state index in [0.29, 0.717) is 59.3 Å². The van der Waals surface area contributed by atoms with Crippen molar-refractivity contribution in [1.82, 2.24) is 10.2 Å². The Balaban J connectivity index is 1.76. The zero-order valence-corrected chi connectivity index (χ0v) is 19.7. The minimum atomic E-state index is 0.00994. The van der Waals surface area contributed by atoms with E-state index in [0.717, 1.165) is 6.42 Å². The van der Waals surface area contributed by atoms with Crippen LogP contribution in [0.4, 0.5) is 0 Å². The summed E-state index contributed by atoms with van der Waals surface area (Å²) in [7, 11) is 0. The van der Waals surface area contributed by atoms with Crippen molar-refractivity contribution >= 4 is 17.5 Å². The second-order valence-electron chi connectivity index (χ2n) is 6.74. The van der Waals surface area contributed by atoms with Crippen molar-refractivity contribution in [3.8, 4) is 28.7 Å². The highest BCUT2D eigenvalue weighted by molar-refractivity contribution is 7.99. The molecule has 0 aliphatic rings. The van der Waals surface area contributed by atoms with E-state index >= 15 is 0 Å². The predicted octanol–water partition coefficient (Wildman–Crippen LogP) is 5.47. The first kappa shape index (κ1) is 23.7. The van der Waals surface area contributed by atoms with Crippen LogP contribution in [0, 0.1) is 0 Å². The van der Waals surface area contributed by atoms with Gasteiger partial charge in [-0.05, 0) is 44.9 Å². The number of aryl methyl sites for hydroxylation is 1. The SMILES string of the molecule is CCOc1cc(-c2nnc(SCC(=O)c3ccc(CC)cc3)o2)cc(OCC)c1OCC. The van der Waals surface area contributed by atoms with E-state index in [-0.39, 0.29) is 11.5 Å². The number of thioether (sulfide) groups is 1. The van der Waals surface area contributed by atoms with Gasteiger partial charge in [-0.2, -0.15) is 0 Å². The predicted molar refractivity (Wildman–Crippen MR) is 124 cm³/mol. The molecule has 0 bridgehead atoms. The lowest BCUT2D eigenvalue weighted by molar-refractivity contribution is 0.102. The summed E-state index contributed by atoms with van der Waals surface area (Å²) in [6.07, 6.45) is 0.940. The zero-order chi connectivity index (χ0) is 22.9. The molecule has 0 spiro atoms. The summed E-state index contributed by atoms with van der Waals surface area (Å²) in [5.74, 6) is 2.19. The summed E-state index contributed by atoms with van der Waals surface area (Å²) < 4.78 is 23.0. The van der Waals surface area contributed by atoms with Crippen molar-refractivity contribution in [2.24, 2.45) is 0 Å². The molecule has 0 aliphatic carbocycles. The number of carbonyl (C=O) groups excluding carboxylic acids is 1. The molecule has 0 fully saturated rings. The van der Waals surface area contributed by atoms with Gasteiger partial charge in [0.15, 0.2) is 17.3 Å². The number of Topliss-reactive ketones (excluding diaryl/α,β-unsaturated/α-hetero) is 1. The van der Waals surface area contributed by atoms with Crippen LogP contribution in [-0.2, 0) is 6.42 Å². The van der Waals surface area contributed by atoms with E-state index in [1.54, 1.807) is 12.1 Å². The topological polar surface area (TPSA) is 83.7 Å². The van der Waals surface area contributed by atoms with Gasteiger partial charge in [0.05, 0.1) is 25.6 Å². The third-order valence-corrected chi connectivity index (χ3v) is 5.39. The fourth-order valence-electron chi connectivity index (χ4n) is 3.03. The third kappa shape index (κ3) is 5.82. The van der Waals surface area contributed by atoms with Crippen molar-refractivity contribution in [2.45, 2.75) is 39.3 Å². The van der Waals surface area contributed by atoms with E-state index in [4.69, 9.17) is 18.6 Å². The van der Waals surface area contributed by atoms with Crippen LogP contribution >= 0.6 is 11.8 Å². The average Bonchev–Trinajstić information content (AvgIpc) is 3.29. The van der Waals surface area contributed by atoms with Gasteiger partial charge in [0.1, 0.15) is 0 Å². The fourth-order valence-corrected chi connectivity index (χ4v) is 3.69. The minimum absolute atomic E-state index is 0.00994. The molecule has 0 unspecified atom stereocenters. The van der Waals surface area contributed by atoms with E-state index < -0.39 is 0 Å². The molecule has 1 heterocycles. The second-order valence-corrected chi connectivity index (χ2v) is 7.66. The number of carbonyl (C=O) groups is 1. The molecule has 0 atom stereocenters. The maximum absolute atomic E-state index is 12.5. The van der Waals surface area contributed by atoms with Gasteiger partial charge in [-0.3, -0.25) is 4.79 Å². The summed E-state index contributed by atoms with van der Waals surface area (Å²) in [4.78, 5) is 12.5. The Hall–Kier alpha value is -3.00. The summed E-state index contributed by atoms with van der Waals surface area (Å²) in [6, 6.07) is 11.2. The number of ketones is 1. The van der Waals surface area contributed by atoms with Crippen LogP contribution in [0.5, 0.6) is 17.2 Å². The molecule has 32 heavy (non-hydrogen) atoms. The lowest BCUT2D eigenvalue weighted by Gasteiger charge is -2.16. The van der Waals surface area contributed by atoms with Crippen LogP contribution in [0.1, 0.15) is 43.6 Å². The second kappa shape index (κ2) is 11.6. The van der Waals surface area contributed by atoms with Gasteiger partial charge in [0.25, 0.3) is 5.22 Å². The van der Waals surface area contributed by atoms with Crippen molar-refractivity contribution < 1.29 is 23.4 Å². The number of nitrogens with zero attached hydrogens (tertiary/aromatic N) is 2. The van der Waals surface area contributed by atoms with E-state index in [2.05, 4.69) is 17.1 Å². The van der Waals surface area contributed by atoms with Crippen molar-refractivity contribution in [3.63, 3.8) is 0 Å². The fraction of sp³-hybridized carbons (Fsp3) is 0.375. The molecule has 0 saturated carbocycles. The molecule has 7 nitrogen and oxygen atoms in total. The van der Waals surface area contributed by atoms with Gasteiger partial charge in [-0.15, -0.1) is 10.2 Å². The summed E-state index contributed by atoms with van der Waals surface area (Å²) in [6.45, 7) is 9.21. The lowest BCUT2D eigenvalue weighted by Crippen LogP contribution is -2.03. The highest BCUT2D eigenvalue weighted by Crippen LogP contribution is 2.42. The van der Waals surface area contributed by atoms with Crippen molar-refractivity contribution in [2.75, 3.05) is 25.6 Å². The third-order valence-electron chi connectivity index (χ3n) is 4.57. The number of benzene rings is 2. The van der Waals surface area contributed by atoms with Crippen molar-refractivity contribution in [3.05, 3.63) is 47.5 Å². The Morgan fingerprint density at radius 2 is 1.53 bits per heavy atom. The summed E-state index contributed by atoms with van der Waals surface area (Å²) in [5, 5.41) is 8.54. The maximum atomic E-state index is 12.5. The molecule has 0 saturated heterocycles. The summed E-state index contributed by atoms with van der Waals surface area (Å²) >= 11 is 1.21. The van der Waals surface area contributed by atoms with E-state index in [9.17, 15) is 4.79 Å². The molecule has 1 aromatic heterocycles. The highest BCUT2D eigenvalue weighted by Gasteiger charge is 2.19. The lowest BCUT2D eigenvalue weighted by atomic mass is 10.1. The van der Waals surface area contributed by atoms with E-state index in [1.807, 2.05) is 45.0 Å². The number of aromatic nitrogens is 2. The highest BCUT2D eigenvalue weighted by atomic mass is 32.2. The Bertz CT molecular complexity index is 1010. The number of rotatable bonds is 12. The molecule has 0 radical (unpaired) electrons. The van der Waals surface area contributed by atoms with Gasteiger partial charge < -0.3 is 18.6 Å². The summed E-state index contributed by atoms with van der Waals surface area (Å²) in [5.41, 5.74) is 2.52. The number of ether oxygens (including phenoxy) is 3. The molecule has 8 heteroatoms. The van der Waals surface area contributed by atoms with Crippen LogP contribution in [0.2, 0.25) is 0 Å². The van der Waals surface area contributed by atoms with Crippen molar-refractivity contribution in [1.29, 1.82) is 0 Å². The Morgan fingerprint density at radius 1 is 0.906 bits per heavy atom. The largest absolute Gasteiger partial charge is 0.490 e. The van der Waals surface area contributed by atoms with Crippen LogP contribution in [-0.4, -0.2) is 41.6 Å². The number of hydrogen-bond donors (Lipinski definition) is 0. The van der Waals surface area contributed by atoms with Gasteiger partial charge in [0.2, 0.25) is 11.6 Å². The molecule has 2 aromatic carbocycles. The molecule has 0 N–H and O–H groups in total. The molecule has 170 valence electrons. The minimum Gasteiger partial charge on any atom is -0.490 e. The van der Waals surface area contributed by atoms with Crippen LogP contribution in [0.15, 0.2) is 46.0 Å². The van der Waals surface area contributed by atoms with Gasteiger partial charge in [0, 0.05) is 11.1 Å². The zero-order valence-electron chi connectivity index (χ0n) is 18.8. The Labute approximate surface area is 192 Å². The normalized spacial score (nSPS) is 10.8. The maximum Gasteiger partial charge on any atom is 0.277 e. The first-order valence-electron chi connectivity index (χ1n) is 10.7. The Morgan fingerprint density at radius 3 is 2.09 bits per heavy atom. The molecule has 0 aliphatic heterocycles. The smallest absolute Gasteiger partial charge is 0.277 e. The van der Waals surface area contributed by atoms with Gasteiger partial charge in [-0.25, -0.2) is 0 Å². The average molecular weight is 457 g/mol. The van der Waals surface area contributed by atoms with Crippen LogP contribution < -0.4 is 14.2 Å². The van der Waals surface area contributed by atoms with Crippen LogP contribution in [0.25, 0.3) is 11.5 Å². The molecular formula is C24H28N2O5S. The monoisotopic (exact) mass is 456 g/mol. The van der Waals surface area contributed by atoms with Gasteiger partial charge in [-0.1, -0.05) is 43.0 Å². The molecule has 3 aromatic rings. The quantitative estimate of drug-likeness (QED) is 0.262. The first-order chi connectivity index (χ1) is 15.6. The van der Waals surface area contributed by atoms with Crippen LogP contribution in [0.3, 0.4) is 0 Å². The first-order valence-corrected chi connectivity index (χ1v) is 11.7.